The Morgan fingerprint density at radius 2 is 1.92 bits per heavy atom. The first-order valence-electron chi connectivity index (χ1n) is 8.03. The van der Waals surface area contributed by atoms with Crippen LogP contribution in [0.5, 0.6) is 0 Å². The minimum absolute atomic E-state index is 0.0365. The molecule has 136 valence electrons. The zero-order valence-corrected chi connectivity index (χ0v) is 15.1. The average molecular weight is 387 g/mol. The van der Waals surface area contributed by atoms with Crippen LogP contribution < -0.4 is 10.6 Å². The molecule has 8 heteroatoms. The lowest BCUT2D eigenvalue weighted by Gasteiger charge is -2.28. The second-order valence-corrected chi connectivity index (χ2v) is 7.06. The molecule has 1 aliphatic heterocycles. The largest absolute Gasteiger partial charge is 0.481 e. The molecule has 0 bridgehead atoms. The van der Waals surface area contributed by atoms with Crippen LogP contribution in [0.4, 0.5) is 0 Å². The van der Waals surface area contributed by atoms with Crippen molar-refractivity contribution in [2.45, 2.75) is 50.6 Å². The van der Waals surface area contributed by atoms with Crippen molar-refractivity contribution in [1.82, 2.24) is 10.6 Å². The fraction of sp³-hybridized carbons (Fsp3) is 0.471. The molecule has 1 aromatic rings. The number of halogens is 2. The van der Waals surface area contributed by atoms with Gasteiger partial charge in [0, 0.05) is 31.3 Å². The monoisotopic (exact) mass is 386 g/mol. The summed E-state index contributed by atoms with van der Waals surface area (Å²) in [6.07, 6.45) is 1.84. The predicted octanol–water partition coefficient (Wildman–Crippen LogP) is 2.90. The summed E-state index contributed by atoms with van der Waals surface area (Å²) in [5, 5.41) is 15.4. The van der Waals surface area contributed by atoms with Gasteiger partial charge in [-0.1, -0.05) is 29.3 Å². The van der Waals surface area contributed by atoms with Gasteiger partial charge in [0.1, 0.15) is 0 Å². The minimum atomic E-state index is -0.912. The summed E-state index contributed by atoms with van der Waals surface area (Å²) in [6.45, 7) is 0.324. The molecule has 1 heterocycles. The summed E-state index contributed by atoms with van der Waals surface area (Å²) < 4.78 is 0. The first-order valence-corrected chi connectivity index (χ1v) is 8.79. The molecule has 0 unspecified atom stereocenters. The molecular formula is C17H20Cl2N2O4. The Morgan fingerprint density at radius 3 is 2.52 bits per heavy atom. The van der Waals surface area contributed by atoms with E-state index in [4.69, 9.17) is 28.3 Å². The molecule has 1 saturated heterocycles. The van der Waals surface area contributed by atoms with Gasteiger partial charge in [-0.05, 0) is 37.0 Å². The summed E-state index contributed by atoms with van der Waals surface area (Å²) in [6, 6.07) is 5.14. The van der Waals surface area contributed by atoms with Crippen LogP contribution in [0.2, 0.25) is 10.0 Å². The highest BCUT2D eigenvalue weighted by atomic mass is 35.5. The molecule has 1 atom stereocenters. The van der Waals surface area contributed by atoms with Gasteiger partial charge in [0.25, 0.3) is 0 Å². The van der Waals surface area contributed by atoms with E-state index in [0.29, 0.717) is 42.3 Å². The number of benzene rings is 1. The first kappa shape index (κ1) is 19.5. The number of aliphatic carboxylic acids is 1. The summed E-state index contributed by atoms with van der Waals surface area (Å²) in [7, 11) is 0. The molecule has 0 spiro atoms. The highest BCUT2D eigenvalue weighted by Crippen LogP contribution is 2.30. The van der Waals surface area contributed by atoms with E-state index in [1.807, 2.05) is 0 Å². The fourth-order valence-corrected chi connectivity index (χ4v) is 3.23. The highest BCUT2D eigenvalue weighted by molar-refractivity contribution is 6.42. The maximum absolute atomic E-state index is 12.1. The lowest BCUT2D eigenvalue weighted by atomic mass is 9.86. The van der Waals surface area contributed by atoms with Crippen LogP contribution in [0.3, 0.4) is 0 Å². The van der Waals surface area contributed by atoms with E-state index in [0.717, 1.165) is 5.56 Å². The molecule has 2 amide bonds. The van der Waals surface area contributed by atoms with Crippen LogP contribution in [-0.2, 0) is 20.9 Å². The number of nitrogens with one attached hydrogen (secondary N) is 2. The zero-order valence-electron chi connectivity index (χ0n) is 13.6. The van der Waals surface area contributed by atoms with E-state index in [1.54, 1.807) is 18.2 Å². The van der Waals surface area contributed by atoms with Gasteiger partial charge < -0.3 is 15.7 Å². The quantitative estimate of drug-likeness (QED) is 0.639. The molecule has 1 aromatic carbocycles. The molecule has 0 aromatic heterocycles. The number of carboxylic acids is 1. The maximum Gasteiger partial charge on any atom is 0.303 e. The standard InChI is InChI=1S/C17H20Cl2N2O4/c18-12-2-1-11(9-13(12)19)10-20-14(22)3-6-17(8-5-16(24)25)7-4-15(23)21-17/h1-2,9H,3-8,10H2,(H,20,22)(H,21,23)(H,24,25)/t17-/m1/s1. The minimum Gasteiger partial charge on any atom is -0.481 e. The zero-order chi connectivity index (χ0) is 18.4. The normalized spacial score (nSPS) is 19.5. The third-order valence-electron chi connectivity index (χ3n) is 4.36. The van der Waals surface area contributed by atoms with Crippen LogP contribution in [0.1, 0.15) is 44.1 Å². The number of rotatable bonds is 8. The van der Waals surface area contributed by atoms with Crippen LogP contribution in [-0.4, -0.2) is 28.4 Å². The summed E-state index contributed by atoms with van der Waals surface area (Å²) in [4.78, 5) is 34.4. The van der Waals surface area contributed by atoms with E-state index in [2.05, 4.69) is 10.6 Å². The number of carbonyl (C=O) groups is 3. The van der Waals surface area contributed by atoms with Crippen molar-refractivity contribution in [3.8, 4) is 0 Å². The number of hydrogen-bond donors (Lipinski definition) is 3. The van der Waals surface area contributed by atoms with E-state index >= 15 is 0 Å². The van der Waals surface area contributed by atoms with E-state index < -0.39 is 11.5 Å². The van der Waals surface area contributed by atoms with Crippen LogP contribution >= 0.6 is 23.2 Å². The molecule has 0 radical (unpaired) electrons. The van der Waals surface area contributed by atoms with Crippen molar-refractivity contribution in [3.05, 3.63) is 33.8 Å². The van der Waals surface area contributed by atoms with Gasteiger partial charge in [-0.3, -0.25) is 14.4 Å². The predicted molar refractivity (Wildman–Crippen MR) is 94.5 cm³/mol. The Labute approximate surface area is 155 Å². The first-order chi connectivity index (χ1) is 11.8. The second-order valence-electron chi connectivity index (χ2n) is 6.25. The fourth-order valence-electron chi connectivity index (χ4n) is 2.91. The molecule has 0 saturated carbocycles. The Balaban J connectivity index is 1.85. The SMILES string of the molecule is O=C(O)CC[C@@]1(CCC(=O)NCc2ccc(Cl)c(Cl)c2)CCC(=O)N1. The molecule has 2 rings (SSSR count). The average Bonchev–Trinajstić information content (AvgIpc) is 2.94. The van der Waals surface area contributed by atoms with Crippen molar-refractivity contribution in [2.75, 3.05) is 0 Å². The Kier molecular flexibility index (Phi) is 6.67. The van der Waals surface area contributed by atoms with Gasteiger partial charge in [0.15, 0.2) is 0 Å². The van der Waals surface area contributed by atoms with Crippen molar-refractivity contribution in [1.29, 1.82) is 0 Å². The molecule has 1 fully saturated rings. The lowest BCUT2D eigenvalue weighted by molar-refractivity contribution is -0.137. The third kappa shape index (κ3) is 5.90. The van der Waals surface area contributed by atoms with Crippen molar-refractivity contribution >= 4 is 41.0 Å². The molecule has 0 aliphatic carbocycles. The smallest absolute Gasteiger partial charge is 0.303 e. The van der Waals surface area contributed by atoms with E-state index in [1.165, 1.54) is 0 Å². The van der Waals surface area contributed by atoms with Crippen LogP contribution in [0.25, 0.3) is 0 Å². The lowest BCUT2D eigenvalue weighted by Crippen LogP contribution is -2.43. The van der Waals surface area contributed by atoms with Gasteiger partial charge in [-0.25, -0.2) is 0 Å². The van der Waals surface area contributed by atoms with E-state index in [-0.39, 0.29) is 24.7 Å². The number of amides is 2. The Hall–Kier alpha value is -1.79. The van der Waals surface area contributed by atoms with Crippen LogP contribution in [0, 0.1) is 0 Å². The van der Waals surface area contributed by atoms with Gasteiger partial charge >= 0.3 is 5.97 Å². The maximum atomic E-state index is 12.1. The van der Waals surface area contributed by atoms with Crippen molar-refractivity contribution in [3.63, 3.8) is 0 Å². The van der Waals surface area contributed by atoms with Crippen molar-refractivity contribution in [2.24, 2.45) is 0 Å². The number of carbonyl (C=O) groups excluding carboxylic acids is 2. The molecule has 1 aliphatic rings. The number of carboxylic acid groups (broad SMARTS) is 1. The second kappa shape index (κ2) is 8.54. The van der Waals surface area contributed by atoms with Gasteiger partial charge in [0.05, 0.1) is 10.0 Å². The van der Waals surface area contributed by atoms with Crippen LogP contribution in [0.15, 0.2) is 18.2 Å². The third-order valence-corrected chi connectivity index (χ3v) is 5.10. The van der Waals surface area contributed by atoms with Gasteiger partial charge in [-0.2, -0.15) is 0 Å². The summed E-state index contributed by atoms with van der Waals surface area (Å²) in [5.41, 5.74) is 0.230. The van der Waals surface area contributed by atoms with Crippen molar-refractivity contribution < 1.29 is 19.5 Å². The topological polar surface area (TPSA) is 95.5 Å². The Morgan fingerprint density at radius 1 is 1.20 bits per heavy atom. The molecular weight excluding hydrogens is 367 g/mol. The Bertz CT molecular complexity index is 681. The van der Waals surface area contributed by atoms with Gasteiger partial charge in [0.2, 0.25) is 11.8 Å². The van der Waals surface area contributed by atoms with Gasteiger partial charge in [-0.15, -0.1) is 0 Å². The molecule has 25 heavy (non-hydrogen) atoms. The van der Waals surface area contributed by atoms with E-state index in [9.17, 15) is 14.4 Å². The summed E-state index contributed by atoms with van der Waals surface area (Å²) in [5.74, 6) is -1.17. The summed E-state index contributed by atoms with van der Waals surface area (Å²) >= 11 is 11.8. The molecule has 3 N–H and O–H groups in total. The molecule has 6 nitrogen and oxygen atoms in total. The highest BCUT2D eigenvalue weighted by Gasteiger charge is 2.37. The number of hydrogen-bond acceptors (Lipinski definition) is 3.